The molecule has 1 amide bonds. The lowest BCUT2D eigenvalue weighted by Gasteiger charge is -2.40. The molecule has 0 radical (unpaired) electrons. The average molecular weight is 282 g/mol. The summed E-state index contributed by atoms with van der Waals surface area (Å²) >= 11 is 5.83. The lowest BCUT2D eigenvalue weighted by molar-refractivity contribution is -0.141. The molecule has 0 aliphatic heterocycles. The maximum Gasteiger partial charge on any atom is 0.303 e. The summed E-state index contributed by atoms with van der Waals surface area (Å²) in [6.45, 7) is 0.407. The van der Waals surface area contributed by atoms with Gasteiger partial charge in [0.05, 0.1) is 6.42 Å². The summed E-state index contributed by atoms with van der Waals surface area (Å²) in [5, 5.41) is 12.2. The molecule has 19 heavy (non-hydrogen) atoms. The van der Waals surface area contributed by atoms with Gasteiger partial charge in [0.15, 0.2) is 0 Å². The second-order valence-electron chi connectivity index (χ2n) is 5.12. The third-order valence-electron chi connectivity index (χ3n) is 3.65. The SMILES string of the molecule is O=C(O)CC1(CNC(=O)c2cccc(Cl)c2)CCC1. The Hall–Kier alpha value is -1.55. The number of carboxylic acids is 1. The van der Waals surface area contributed by atoms with Crippen LogP contribution in [0.1, 0.15) is 36.0 Å². The first-order chi connectivity index (χ1) is 9.01. The Morgan fingerprint density at radius 3 is 2.63 bits per heavy atom. The molecule has 0 aromatic heterocycles. The summed E-state index contributed by atoms with van der Waals surface area (Å²) in [6, 6.07) is 6.71. The van der Waals surface area contributed by atoms with Crippen molar-refractivity contribution in [3.05, 3.63) is 34.9 Å². The number of carboxylic acid groups (broad SMARTS) is 1. The molecule has 0 heterocycles. The van der Waals surface area contributed by atoms with Gasteiger partial charge in [-0.2, -0.15) is 0 Å². The minimum absolute atomic E-state index is 0.114. The smallest absolute Gasteiger partial charge is 0.303 e. The zero-order chi connectivity index (χ0) is 13.9. The number of hydrogen-bond acceptors (Lipinski definition) is 2. The van der Waals surface area contributed by atoms with E-state index in [0.29, 0.717) is 17.1 Å². The molecule has 0 unspecified atom stereocenters. The molecular formula is C14H16ClNO3. The summed E-state index contributed by atoms with van der Waals surface area (Å²) < 4.78 is 0. The number of hydrogen-bond donors (Lipinski definition) is 2. The van der Waals surface area contributed by atoms with Crippen LogP contribution in [0.2, 0.25) is 5.02 Å². The fourth-order valence-corrected chi connectivity index (χ4v) is 2.60. The zero-order valence-corrected chi connectivity index (χ0v) is 11.2. The molecule has 1 aliphatic carbocycles. The number of aliphatic carboxylic acids is 1. The fourth-order valence-electron chi connectivity index (χ4n) is 2.41. The molecule has 0 saturated heterocycles. The van der Waals surface area contributed by atoms with Crippen molar-refractivity contribution in [3.8, 4) is 0 Å². The number of benzene rings is 1. The lowest BCUT2D eigenvalue weighted by Crippen LogP contribution is -2.43. The predicted octanol–water partition coefficient (Wildman–Crippen LogP) is 2.71. The summed E-state index contributed by atoms with van der Waals surface area (Å²) in [7, 11) is 0. The molecule has 1 saturated carbocycles. The van der Waals surface area contributed by atoms with Gasteiger partial charge in [0.2, 0.25) is 0 Å². The fraction of sp³-hybridized carbons (Fsp3) is 0.429. The van der Waals surface area contributed by atoms with Gasteiger partial charge in [-0.3, -0.25) is 9.59 Å². The van der Waals surface area contributed by atoms with Crippen LogP contribution in [0.4, 0.5) is 0 Å². The molecule has 1 aliphatic rings. The van der Waals surface area contributed by atoms with E-state index >= 15 is 0 Å². The number of rotatable bonds is 5. The Bertz CT molecular complexity index is 497. The number of nitrogens with one attached hydrogen (secondary N) is 1. The largest absolute Gasteiger partial charge is 0.481 e. The number of carbonyl (C=O) groups is 2. The van der Waals surface area contributed by atoms with Gasteiger partial charge >= 0.3 is 5.97 Å². The topological polar surface area (TPSA) is 66.4 Å². The Morgan fingerprint density at radius 1 is 1.37 bits per heavy atom. The Kier molecular flexibility index (Phi) is 4.10. The Balaban J connectivity index is 1.94. The molecule has 1 aromatic carbocycles. The Labute approximate surface area is 116 Å². The summed E-state index contributed by atoms with van der Waals surface area (Å²) in [5.74, 6) is -1.02. The van der Waals surface area contributed by atoms with Gasteiger partial charge in [-0.25, -0.2) is 0 Å². The van der Waals surface area contributed by atoms with E-state index in [1.165, 1.54) is 0 Å². The minimum Gasteiger partial charge on any atom is -0.481 e. The van der Waals surface area contributed by atoms with Crippen LogP contribution in [-0.2, 0) is 4.79 Å². The molecule has 4 nitrogen and oxygen atoms in total. The number of halogens is 1. The van der Waals surface area contributed by atoms with E-state index in [9.17, 15) is 9.59 Å². The Morgan fingerprint density at radius 2 is 2.11 bits per heavy atom. The van der Waals surface area contributed by atoms with E-state index in [0.717, 1.165) is 19.3 Å². The van der Waals surface area contributed by atoms with Crippen molar-refractivity contribution in [2.24, 2.45) is 5.41 Å². The molecule has 0 atom stereocenters. The molecule has 102 valence electrons. The number of amides is 1. The first-order valence-corrected chi connectivity index (χ1v) is 6.64. The molecule has 0 spiro atoms. The third kappa shape index (κ3) is 3.47. The maximum absolute atomic E-state index is 12.0. The second-order valence-corrected chi connectivity index (χ2v) is 5.55. The van der Waals surface area contributed by atoms with Crippen LogP contribution in [0.3, 0.4) is 0 Å². The monoisotopic (exact) mass is 281 g/mol. The van der Waals surface area contributed by atoms with Crippen LogP contribution >= 0.6 is 11.6 Å². The molecule has 5 heteroatoms. The zero-order valence-electron chi connectivity index (χ0n) is 10.5. The van der Waals surface area contributed by atoms with Crippen molar-refractivity contribution in [1.29, 1.82) is 0 Å². The molecule has 0 bridgehead atoms. The van der Waals surface area contributed by atoms with Gasteiger partial charge in [-0.05, 0) is 36.5 Å². The van der Waals surface area contributed by atoms with Gasteiger partial charge in [-0.15, -0.1) is 0 Å². The van der Waals surface area contributed by atoms with Gasteiger partial charge in [0.25, 0.3) is 5.91 Å². The van der Waals surface area contributed by atoms with Gasteiger partial charge in [0.1, 0.15) is 0 Å². The van der Waals surface area contributed by atoms with Crippen molar-refractivity contribution >= 4 is 23.5 Å². The molecular weight excluding hydrogens is 266 g/mol. The van der Waals surface area contributed by atoms with Crippen molar-refractivity contribution < 1.29 is 14.7 Å². The van der Waals surface area contributed by atoms with Crippen molar-refractivity contribution in [1.82, 2.24) is 5.32 Å². The van der Waals surface area contributed by atoms with Crippen molar-refractivity contribution in [3.63, 3.8) is 0 Å². The quantitative estimate of drug-likeness (QED) is 0.872. The van der Waals surface area contributed by atoms with Crippen LogP contribution in [0.25, 0.3) is 0 Å². The first-order valence-electron chi connectivity index (χ1n) is 6.26. The maximum atomic E-state index is 12.0. The molecule has 2 rings (SSSR count). The lowest BCUT2D eigenvalue weighted by atomic mass is 9.66. The highest BCUT2D eigenvalue weighted by Gasteiger charge is 2.39. The highest BCUT2D eigenvalue weighted by atomic mass is 35.5. The van der Waals surface area contributed by atoms with Crippen LogP contribution in [0, 0.1) is 5.41 Å². The van der Waals surface area contributed by atoms with E-state index in [-0.39, 0.29) is 17.7 Å². The third-order valence-corrected chi connectivity index (χ3v) is 3.89. The van der Waals surface area contributed by atoms with E-state index in [2.05, 4.69) is 5.32 Å². The minimum atomic E-state index is -0.809. The molecule has 1 fully saturated rings. The van der Waals surface area contributed by atoms with Gasteiger partial charge < -0.3 is 10.4 Å². The van der Waals surface area contributed by atoms with Crippen LogP contribution in [0.15, 0.2) is 24.3 Å². The van der Waals surface area contributed by atoms with E-state index in [4.69, 9.17) is 16.7 Å². The van der Waals surface area contributed by atoms with E-state index in [1.54, 1.807) is 24.3 Å². The average Bonchev–Trinajstić information content (AvgIpc) is 2.31. The summed E-state index contributed by atoms with van der Waals surface area (Å²) in [5.41, 5.74) is 0.234. The summed E-state index contributed by atoms with van der Waals surface area (Å²) in [6.07, 6.45) is 2.85. The second kappa shape index (κ2) is 5.61. The van der Waals surface area contributed by atoms with Crippen molar-refractivity contribution in [2.45, 2.75) is 25.7 Å². The van der Waals surface area contributed by atoms with Crippen LogP contribution in [-0.4, -0.2) is 23.5 Å². The summed E-state index contributed by atoms with van der Waals surface area (Å²) in [4.78, 5) is 22.8. The van der Waals surface area contributed by atoms with Crippen LogP contribution in [0.5, 0.6) is 0 Å². The van der Waals surface area contributed by atoms with Crippen LogP contribution < -0.4 is 5.32 Å². The highest BCUT2D eigenvalue weighted by Crippen LogP contribution is 2.43. The van der Waals surface area contributed by atoms with Gasteiger partial charge in [0, 0.05) is 17.1 Å². The van der Waals surface area contributed by atoms with E-state index in [1.807, 2.05) is 0 Å². The van der Waals surface area contributed by atoms with Crippen molar-refractivity contribution in [2.75, 3.05) is 6.54 Å². The number of carbonyl (C=O) groups excluding carboxylic acids is 1. The highest BCUT2D eigenvalue weighted by molar-refractivity contribution is 6.30. The predicted molar refractivity (Wildman–Crippen MR) is 72.3 cm³/mol. The standard InChI is InChI=1S/C14H16ClNO3/c15-11-4-1-3-10(7-11)13(19)16-9-14(5-2-6-14)8-12(17)18/h1,3-4,7H,2,5-6,8-9H2,(H,16,19)(H,17,18). The molecule has 2 N–H and O–H groups in total. The van der Waals surface area contributed by atoms with Gasteiger partial charge in [-0.1, -0.05) is 24.1 Å². The normalized spacial score (nSPS) is 16.5. The first kappa shape index (κ1) is 13.9. The molecule has 1 aromatic rings. The van der Waals surface area contributed by atoms with E-state index < -0.39 is 5.97 Å².